The predicted molar refractivity (Wildman–Crippen MR) is 264 cm³/mol. The molecule has 0 bridgehead atoms. The largest absolute Gasteiger partial charge is 0.310 e. The van der Waals surface area contributed by atoms with E-state index in [0.29, 0.717) is 0 Å². The van der Waals surface area contributed by atoms with Crippen molar-refractivity contribution in [2.75, 3.05) is 4.90 Å². The first kappa shape index (κ1) is 35.6. The first-order chi connectivity index (χ1) is 31.3. The maximum absolute atomic E-state index is 4.70. The summed E-state index contributed by atoms with van der Waals surface area (Å²) in [5.41, 5.74) is 18.5. The second-order valence-corrected chi connectivity index (χ2v) is 18.7. The number of hydrogen-bond donors (Lipinski definition) is 0. The normalized spacial score (nSPS) is 14.5. The van der Waals surface area contributed by atoms with E-state index in [2.05, 4.69) is 216 Å². The Kier molecular flexibility index (Phi) is 6.88. The lowest BCUT2D eigenvalue weighted by molar-refractivity contribution is 0.626. The molecule has 0 N–H and O–H groups in total. The summed E-state index contributed by atoms with van der Waals surface area (Å²) in [5.74, 6) is 0. The third-order valence-corrected chi connectivity index (χ3v) is 14.7. The van der Waals surface area contributed by atoms with E-state index < -0.39 is 0 Å². The predicted octanol–water partition coefficient (Wildman–Crippen LogP) is 14.5. The Morgan fingerprint density at radius 1 is 0.375 bits per heavy atom. The third-order valence-electron chi connectivity index (χ3n) is 14.7. The minimum Gasteiger partial charge on any atom is -0.310 e. The fraction of sp³-hybridized carbons (Fsp3) is 0.103. The van der Waals surface area contributed by atoms with Gasteiger partial charge >= 0.3 is 0 Å². The average molecular weight is 823 g/mol. The molecule has 7 heterocycles. The summed E-state index contributed by atoms with van der Waals surface area (Å²) < 4.78 is 7.34. The lowest BCUT2D eigenvalue weighted by atomic mass is 9.75. The van der Waals surface area contributed by atoms with Gasteiger partial charge in [-0.05, 0) is 96.1 Å². The van der Waals surface area contributed by atoms with Gasteiger partial charge in [-0.3, -0.25) is 9.97 Å². The minimum atomic E-state index is -0.330. The van der Waals surface area contributed by atoms with Crippen LogP contribution in [0.15, 0.2) is 183 Å². The molecule has 0 spiro atoms. The van der Waals surface area contributed by atoms with Crippen LogP contribution in [0, 0.1) is 0 Å². The molecule has 12 aromatic rings. The number of aromatic nitrogens is 5. The van der Waals surface area contributed by atoms with Crippen molar-refractivity contribution < 1.29 is 0 Å². The molecule has 304 valence electrons. The average Bonchev–Trinajstić information content (AvgIpc) is 3.97. The molecule has 0 saturated carbocycles. The van der Waals surface area contributed by atoms with Crippen molar-refractivity contribution >= 4 is 82.5 Å². The number of rotatable bonds is 4. The van der Waals surface area contributed by atoms with Crippen LogP contribution in [-0.2, 0) is 10.8 Å². The molecule has 5 aromatic heterocycles. The number of benzene rings is 7. The number of hydrogen-bond acceptors (Lipinski definition) is 3. The van der Waals surface area contributed by atoms with Crippen molar-refractivity contribution in [1.82, 2.24) is 23.7 Å². The summed E-state index contributed by atoms with van der Waals surface area (Å²) in [6.07, 6.45) is 8.00. The van der Waals surface area contributed by atoms with Gasteiger partial charge in [0.2, 0.25) is 0 Å². The molecule has 0 aliphatic carbocycles. The highest BCUT2D eigenvalue weighted by atomic mass is 15.1. The van der Waals surface area contributed by atoms with E-state index in [1.165, 1.54) is 99.0 Å². The van der Waals surface area contributed by atoms with Crippen LogP contribution >= 0.6 is 0 Å². The van der Waals surface area contributed by atoms with Crippen molar-refractivity contribution in [3.63, 3.8) is 0 Å². The molecule has 14 rings (SSSR count). The molecule has 0 radical (unpaired) electrons. The summed E-state index contributed by atoms with van der Waals surface area (Å²) >= 11 is 0. The molecule has 0 unspecified atom stereocenters. The van der Waals surface area contributed by atoms with Crippen molar-refractivity contribution in [3.05, 3.63) is 205 Å². The Labute approximate surface area is 369 Å². The van der Waals surface area contributed by atoms with E-state index in [0.717, 1.165) is 22.7 Å². The molecule has 0 atom stereocenters. The Hall–Kier alpha value is -7.96. The lowest BCUT2D eigenvalue weighted by Gasteiger charge is -2.37. The second-order valence-electron chi connectivity index (χ2n) is 18.7. The molecule has 0 saturated heterocycles. The Balaban J connectivity index is 1.12. The molecule has 6 nitrogen and oxygen atoms in total. The number of pyridine rings is 2. The zero-order valence-electron chi connectivity index (χ0n) is 36.0. The summed E-state index contributed by atoms with van der Waals surface area (Å²) in [4.78, 5) is 11.9. The Morgan fingerprint density at radius 2 is 0.812 bits per heavy atom. The Morgan fingerprint density at radius 3 is 1.34 bits per heavy atom. The number of fused-ring (bicyclic) bond motifs is 13. The van der Waals surface area contributed by atoms with Gasteiger partial charge in [-0.1, -0.05) is 100 Å². The molecule has 2 aliphatic heterocycles. The molecule has 0 fully saturated rings. The number of para-hydroxylation sites is 4. The summed E-state index contributed by atoms with van der Waals surface area (Å²) in [6, 6.07) is 58.6. The van der Waals surface area contributed by atoms with Gasteiger partial charge in [0, 0.05) is 102 Å². The molecule has 7 aromatic carbocycles. The van der Waals surface area contributed by atoms with E-state index in [1.54, 1.807) is 0 Å². The van der Waals surface area contributed by atoms with Crippen molar-refractivity contribution in [2.45, 2.75) is 38.5 Å². The van der Waals surface area contributed by atoms with E-state index in [-0.39, 0.29) is 10.8 Å². The van der Waals surface area contributed by atoms with Gasteiger partial charge in [0.1, 0.15) is 0 Å². The van der Waals surface area contributed by atoms with E-state index in [9.17, 15) is 0 Å². The fourth-order valence-corrected chi connectivity index (χ4v) is 11.7. The van der Waals surface area contributed by atoms with Gasteiger partial charge in [-0.15, -0.1) is 0 Å². The van der Waals surface area contributed by atoms with Crippen LogP contribution in [-0.4, -0.2) is 23.7 Å². The molecular formula is C58H42N6. The molecule has 2 aliphatic rings. The van der Waals surface area contributed by atoms with Crippen LogP contribution in [0.3, 0.4) is 0 Å². The zero-order valence-corrected chi connectivity index (χ0v) is 36.0. The van der Waals surface area contributed by atoms with Crippen LogP contribution in [0.5, 0.6) is 0 Å². The van der Waals surface area contributed by atoms with Gasteiger partial charge in [0.15, 0.2) is 0 Å². The summed E-state index contributed by atoms with van der Waals surface area (Å²) in [6.45, 7) is 9.45. The third kappa shape index (κ3) is 4.49. The highest BCUT2D eigenvalue weighted by Gasteiger charge is 2.39. The van der Waals surface area contributed by atoms with Crippen LogP contribution in [0.4, 0.5) is 17.1 Å². The highest BCUT2D eigenvalue weighted by Crippen LogP contribution is 2.53. The maximum atomic E-state index is 4.70. The van der Waals surface area contributed by atoms with Crippen LogP contribution in [0.1, 0.15) is 49.9 Å². The standard InChI is InChI=1S/C58H42N6/c1-57(2)45-31-37(29-43-40-17-9-12-20-50(40)63(55(43)45)53-24-26-59-33-47(53)57)61(36-22-23-52-42(28-36)39-16-8-11-19-49(39)62(52)35-14-6-5-7-15-35)38-30-44-41-18-10-13-21-51(41)64-54-25-27-60-34-48(54)58(3,4)46(32-38)56(44)64/h5-34H,1-4H3. The first-order valence-electron chi connectivity index (χ1n) is 22.2. The first-order valence-corrected chi connectivity index (χ1v) is 22.2. The quantitative estimate of drug-likeness (QED) is 0.178. The van der Waals surface area contributed by atoms with Gasteiger partial charge in [-0.2, -0.15) is 0 Å². The lowest BCUT2D eigenvalue weighted by Crippen LogP contribution is -2.27. The number of nitrogens with zero attached hydrogens (tertiary/aromatic N) is 6. The van der Waals surface area contributed by atoms with Gasteiger partial charge < -0.3 is 18.6 Å². The van der Waals surface area contributed by atoms with Crippen molar-refractivity contribution in [2.24, 2.45) is 0 Å². The number of anilines is 3. The van der Waals surface area contributed by atoms with Crippen molar-refractivity contribution in [1.29, 1.82) is 0 Å². The minimum absolute atomic E-state index is 0.330. The highest BCUT2D eigenvalue weighted by molar-refractivity contribution is 6.16. The van der Waals surface area contributed by atoms with E-state index in [1.807, 2.05) is 12.4 Å². The van der Waals surface area contributed by atoms with Crippen LogP contribution < -0.4 is 4.90 Å². The smallest absolute Gasteiger partial charge is 0.0583 e. The topological polar surface area (TPSA) is 43.8 Å². The summed E-state index contributed by atoms with van der Waals surface area (Å²) in [5, 5.41) is 7.39. The van der Waals surface area contributed by atoms with Crippen LogP contribution in [0.25, 0.3) is 82.5 Å². The van der Waals surface area contributed by atoms with Crippen molar-refractivity contribution in [3.8, 4) is 17.1 Å². The molecule has 6 heteroatoms. The zero-order chi connectivity index (χ0) is 42.6. The monoisotopic (exact) mass is 822 g/mol. The van der Waals surface area contributed by atoms with Crippen LogP contribution in [0.2, 0.25) is 0 Å². The van der Waals surface area contributed by atoms with E-state index >= 15 is 0 Å². The maximum Gasteiger partial charge on any atom is 0.0583 e. The second kappa shape index (κ2) is 12.4. The fourth-order valence-electron chi connectivity index (χ4n) is 11.7. The SMILES string of the molecule is CC1(C)c2cnccc2-n2c3ccccc3c3cc(N(c4ccc5c(c4)c4ccccc4n5-c4ccccc4)c4cc5c6c(c4)c4ccccc4n6-c4ccncc4C5(C)C)cc1c32. The van der Waals surface area contributed by atoms with Gasteiger partial charge in [0.25, 0.3) is 0 Å². The summed E-state index contributed by atoms with van der Waals surface area (Å²) in [7, 11) is 0. The molecular weight excluding hydrogens is 781 g/mol. The van der Waals surface area contributed by atoms with Gasteiger partial charge in [0.05, 0.1) is 44.5 Å². The molecule has 64 heavy (non-hydrogen) atoms. The molecule has 0 amide bonds. The van der Waals surface area contributed by atoms with Gasteiger partial charge in [-0.25, -0.2) is 0 Å². The Bertz CT molecular complexity index is 3790. The van der Waals surface area contributed by atoms with E-state index in [4.69, 9.17) is 9.97 Å².